The fourth-order valence-electron chi connectivity index (χ4n) is 2.77. The Hall–Kier alpha value is -2.06. The zero-order chi connectivity index (χ0) is 26.8. The number of rotatable bonds is 9. The first-order valence-electron chi connectivity index (χ1n) is 10.6. The maximum absolute atomic E-state index is 12.1. The SMILES string of the molecule is CC(C)(SCCC(F)(F)F)c1ccccn1.Cc1cnc(CC(Cl)(C#N)CCCC(F)(F)F)cn1. The molecule has 0 spiro atoms. The van der Waals surface area contributed by atoms with Gasteiger partial charge in [0.1, 0.15) is 4.87 Å². The number of hydrogen-bond donors (Lipinski definition) is 0. The lowest BCUT2D eigenvalue weighted by atomic mass is 9.97. The molecule has 1 atom stereocenters. The van der Waals surface area contributed by atoms with E-state index in [9.17, 15) is 26.3 Å². The number of pyridine rings is 1. The number of nitriles is 1. The van der Waals surface area contributed by atoms with E-state index in [-0.39, 0.29) is 29.8 Å². The van der Waals surface area contributed by atoms with Gasteiger partial charge < -0.3 is 0 Å². The van der Waals surface area contributed by atoms with Gasteiger partial charge in [-0.3, -0.25) is 15.0 Å². The molecule has 0 fully saturated rings. The quantitative estimate of drug-likeness (QED) is 0.242. The summed E-state index contributed by atoms with van der Waals surface area (Å²) in [6, 6.07) is 7.33. The van der Waals surface area contributed by atoms with Crippen LogP contribution < -0.4 is 0 Å². The highest BCUT2D eigenvalue weighted by atomic mass is 35.5. The molecule has 0 saturated carbocycles. The van der Waals surface area contributed by atoms with Gasteiger partial charge in [0, 0.05) is 37.2 Å². The summed E-state index contributed by atoms with van der Waals surface area (Å²) < 4.78 is 71.8. The highest BCUT2D eigenvalue weighted by Gasteiger charge is 2.32. The van der Waals surface area contributed by atoms with Crippen molar-refractivity contribution in [2.45, 2.75) is 74.8 Å². The van der Waals surface area contributed by atoms with Gasteiger partial charge in [-0.2, -0.15) is 31.6 Å². The van der Waals surface area contributed by atoms with Crippen molar-refractivity contribution in [2.75, 3.05) is 5.75 Å². The maximum atomic E-state index is 12.1. The molecule has 0 bridgehead atoms. The molecule has 194 valence electrons. The van der Waals surface area contributed by atoms with Crippen molar-refractivity contribution < 1.29 is 26.3 Å². The van der Waals surface area contributed by atoms with E-state index in [2.05, 4.69) is 15.0 Å². The largest absolute Gasteiger partial charge is 0.389 e. The van der Waals surface area contributed by atoms with Gasteiger partial charge in [-0.1, -0.05) is 6.07 Å². The predicted octanol–water partition coefficient (Wildman–Crippen LogP) is 7.56. The molecule has 0 saturated heterocycles. The molecule has 4 nitrogen and oxygen atoms in total. The zero-order valence-corrected chi connectivity index (χ0v) is 21.1. The number of nitrogens with zero attached hydrogens (tertiary/aromatic N) is 4. The summed E-state index contributed by atoms with van der Waals surface area (Å²) in [5, 5.41) is 9.02. The third-order valence-electron chi connectivity index (χ3n) is 4.66. The third-order valence-corrected chi connectivity index (χ3v) is 6.41. The average molecular weight is 541 g/mol. The molecule has 2 aromatic rings. The summed E-state index contributed by atoms with van der Waals surface area (Å²) in [6.45, 7) is 5.53. The second-order valence-corrected chi connectivity index (χ2v) is 10.8. The number of halogens is 7. The van der Waals surface area contributed by atoms with Gasteiger partial charge in [0.05, 0.1) is 34.3 Å². The van der Waals surface area contributed by atoms with Gasteiger partial charge >= 0.3 is 12.4 Å². The van der Waals surface area contributed by atoms with Crippen LogP contribution in [0.3, 0.4) is 0 Å². The van der Waals surface area contributed by atoms with Crippen LogP contribution >= 0.6 is 23.4 Å². The van der Waals surface area contributed by atoms with Crippen LogP contribution in [0.1, 0.15) is 56.6 Å². The third kappa shape index (κ3) is 13.6. The second-order valence-electron chi connectivity index (χ2n) is 8.31. The van der Waals surface area contributed by atoms with Crippen molar-refractivity contribution in [3.05, 3.63) is 53.9 Å². The number of aryl methyl sites for hydroxylation is 1. The average Bonchev–Trinajstić information content (AvgIpc) is 2.74. The van der Waals surface area contributed by atoms with Crippen molar-refractivity contribution in [3.63, 3.8) is 0 Å². The van der Waals surface area contributed by atoms with Crippen LogP contribution in [0.15, 0.2) is 36.8 Å². The molecular formula is C23H27ClF6N4S. The maximum Gasteiger partial charge on any atom is 0.389 e. The topological polar surface area (TPSA) is 62.5 Å². The van der Waals surface area contributed by atoms with Gasteiger partial charge in [-0.15, -0.1) is 23.4 Å². The summed E-state index contributed by atoms with van der Waals surface area (Å²) >= 11 is 7.31. The van der Waals surface area contributed by atoms with Gasteiger partial charge in [0.25, 0.3) is 0 Å². The molecule has 0 amide bonds. The van der Waals surface area contributed by atoms with Crippen LogP contribution in [0.25, 0.3) is 0 Å². The standard InChI is InChI=1S/C12H13ClF3N3.C11H14F3NS/c1-9-6-19-10(7-18-9)5-11(13,8-17)3-2-4-12(14,15)16;1-10(2,9-5-3-4-7-15-9)16-8-6-11(12,13)14/h6-7H,2-5H2,1H3;3-5,7H,6,8H2,1-2H3. The minimum Gasteiger partial charge on any atom is -0.260 e. The van der Waals surface area contributed by atoms with Gasteiger partial charge in [-0.05, 0) is 45.7 Å². The summed E-state index contributed by atoms with van der Waals surface area (Å²) in [4.78, 5) is 10.9. The molecule has 12 heteroatoms. The summed E-state index contributed by atoms with van der Waals surface area (Å²) in [5.74, 6) is 0.0626. The monoisotopic (exact) mass is 540 g/mol. The van der Waals surface area contributed by atoms with E-state index < -0.39 is 30.1 Å². The normalized spacial score (nSPS) is 13.9. The molecule has 0 N–H and O–H groups in total. The Kier molecular flexibility index (Phi) is 11.8. The lowest BCUT2D eigenvalue weighted by Gasteiger charge is -2.23. The molecule has 2 heterocycles. The van der Waals surface area contributed by atoms with E-state index in [4.69, 9.17) is 16.9 Å². The minimum absolute atomic E-state index is 0.0415. The van der Waals surface area contributed by atoms with Crippen molar-refractivity contribution in [1.82, 2.24) is 15.0 Å². The summed E-state index contributed by atoms with van der Waals surface area (Å²) in [5.41, 5.74) is 2.02. The lowest BCUT2D eigenvalue weighted by Crippen LogP contribution is -2.24. The smallest absolute Gasteiger partial charge is 0.260 e. The Morgan fingerprint density at radius 2 is 1.60 bits per heavy atom. The van der Waals surface area contributed by atoms with E-state index in [1.165, 1.54) is 24.2 Å². The fourth-order valence-corrected chi connectivity index (χ4v) is 4.15. The first kappa shape index (κ1) is 31.0. The highest BCUT2D eigenvalue weighted by molar-refractivity contribution is 8.00. The first-order chi connectivity index (χ1) is 16.1. The van der Waals surface area contributed by atoms with Crippen LogP contribution in [-0.2, 0) is 11.2 Å². The molecule has 35 heavy (non-hydrogen) atoms. The zero-order valence-electron chi connectivity index (χ0n) is 19.5. The number of alkyl halides is 7. The van der Waals surface area contributed by atoms with E-state index >= 15 is 0 Å². The van der Waals surface area contributed by atoms with Gasteiger partial charge in [0.2, 0.25) is 0 Å². The van der Waals surface area contributed by atoms with Crippen LogP contribution in [-0.4, -0.2) is 37.9 Å². The fraction of sp³-hybridized carbons (Fsp3) is 0.565. The predicted molar refractivity (Wildman–Crippen MR) is 125 cm³/mol. The molecule has 2 aromatic heterocycles. The van der Waals surface area contributed by atoms with E-state index in [1.54, 1.807) is 19.2 Å². The van der Waals surface area contributed by atoms with Crippen molar-refractivity contribution >= 4 is 23.4 Å². The molecule has 2 rings (SSSR count). The van der Waals surface area contributed by atoms with Gasteiger partial charge in [0.15, 0.2) is 0 Å². The number of hydrogen-bond acceptors (Lipinski definition) is 5. The van der Waals surface area contributed by atoms with Crippen LogP contribution in [0.5, 0.6) is 0 Å². The molecule has 0 aromatic carbocycles. The Bertz CT molecular complexity index is 930. The van der Waals surface area contributed by atoms with Crippen molar-refractivity contribution in [1.29, 1.82) is 5.26 Å². The molecule has 0 aliphatic carbocycles. The van der Waals surface area contributed by atoms with Crippen molar-refractivity contribution in [3.8, 4) is 6.07 Å². The van der Waals surface area contributed by atoms with Crippen LogP contribution in [0, 0.1) is 18.3 Å². The van der Waals surface area contributed by atoms with Gasteiger partial charge in [-0.25, -0.2) is 0 Å². The Labute approximate surface area is 210 Å². The van der Waals surface area contributed by atoms with Crippen LogP contribution in [0.4, 0.5) is 26.3 Å². The molecule has 0 aliphatic rings. The minimum atomic E-state index is -4.23. The van der Waals surface area contributed by atoms with Crippen LogP contribution in [0.2, 0.25) is 0 Å². The van der Waals surface area contributed by atoms with Crippen molar-refractivity contribution in [2.24, 2.45) is 0 Å². The Morgan fingerprint density at radius 3 is 2.09 bits per heavy atom. The summed E-state index contributed by atoms with van der Waals surface area (Å²) in [6.07, 6.45) is -5.48. The number of thioether (sulfide) groups is 1. The summed E-state index contributed by atoms with van der Waals surface area (Å²) in [7, 11) is 0. The molecule has 0 aliphatic heterocycles. The molecule has 0 radical (unpaired) electrons. The van der Waals surface area contributed by atoms with E-state index in [0.717, 1.165) is 11.4 Å². The Morgan fingerprint density at radius 1 is 0.943 bits per heavy atom. The lowest BCUT2D eigenvalue weighted by molar-refractivity contribution is -0.135. The Balaban J connectivity index is 0.000000355. The highest BCUT2D eigenvalue weighted by Crippen LogP contribution is 2.36. The molecule has 1 unspecified atom stereocenters. The van der Waals surface area contributed by atoms with E-state index in [0.29, 0.717) is 5.69 Å². The number of aromatic nitrogens is 3. The second kappa shape index (κ2) is 13.3. The first-order valence-corrected chi connectivity index (χ1v) is 12.0. The molecular weight excluding hydrogens is 514 g/mol. The van der Waals surface area contributed by atoms with E-state index in [1.807, 2.05) is 32.0 Å².